The van der Waals surface area contributed by atoms with Crippen LogP contribution in [-0.2, 0) is 0 Å². The minimum Gasteiger partial charge on any atom is -0.508 e. The molecule has 0 unspecified atom stereocenters. The molecular weight excluding hydrogens is 444 g/mol. The van der Waals surface area contributed by atoms with Crippen LogP contribution in [0.3, 0.4) is 0 Å². The summed E-state index contributed by atoms with van der Waals surface area (Å²) in [6, 6.07) is 12.2. The first-order valence-electron chi connectivity index (χ1n) is 10.6. The lowest BCUT2D eigenvalue weighted by Gasteiger charge is -2.34. The van der Waals surface area contributed by atoms with Crippen LogP contribution in [0.25, 0.3) is 0 Å². The van der Waals surface area contributed by atoms with E-state index in [0.29, 0.717) is 22.6 Å². The fourth-order valence-electron chi connectivity index (χ4n) is 4.25. The van der Waals surface area contributed by atoms with Gasteiger partial charge in [0.15, 0.2) is 41.0 Å². The van der Waals surface area contributed by atoms with Crippen molar-refractivity contribution in [3.05, 3.63) is 65.2 Å². The number of methoxy groups -OCH3 is 1. The Labute approximate surface area is 194 Å². The van der Waals surface area contributed by atoms with Gasteiger partial charge in [-0.25, -0.2) is 0 Å². The maximum absolute atomic E-state index is 12.7. The molecule has 34 heavy (non-hydrogen) atoms. The Morgan fingerprint density at radius 2 is 1.68 bits per heavy atom. The molecule has 0 aliphatic carbocycles. The van der Waals surface area contributed by atoms with Crippen molar-refractivity contribution in [2.75, 3.05) is 13.7 Å². The van der Waals surface area contributed by atoms with Gasteiger partial charge < -0.3 is 39.4 Å². The molecule has 0 saturated heterocycles. The molecule has 0 bridgehead atoms. The van der Waals surface area contributed by atoms with Gasteiger partial charge >= 0.3 is 0 Å². The first-order chi connectivity index (χ1) is 16.4. The number of ether oxygens (including phenoxy) is 4. The highest BCUT2D eigenvalue weighted by Gasteiger charge is 2.35. The van der Waals surface area contributed by atoms with Crippen molar-refractivity contribution in [2.45, 2.75) is 24.7 Å². The van der Waals surface area contributed by atoms with E-state index in [1.807, 2.05) is 0 Å². The van der Waals surface area contributed by atoms with Crippen LogP contribution in [0.5, 0.6) is 40.2 Å². The third kappa shape index (κ3) is 3.69. The number of ketones is 1. The quantitative estimate of drug-likeness (QED) is 0.456. The summed E-state index contributed by atoms with van der Waals surface area (Å²) in [5.41, 5.74) is 1.31. The lowest BCUT2D eigenvalue weighted by Crippen LogP contribution is -2.36. The number of carbonyl (C=O) groups is 1. The van der Waals surface area contributed by atoms with Crippen molar-refractivity contribution < 1.29 is 44.2 Å². The first kappa shape index (κ1) is 21.7. The number of aliphatic hydroxyl groups is 1. The average molecular weight is 466 g/mol. The highest BCUT2D eigenvalue weighted by Crippen LogP contribution is 2.45. The minimum absolute atomic E-state index is 0.0111. The fourth-order valence-corrected chi connectivity index (χ4v) is 4.25. The summed E-state index contributed by atoms with van der Waals surface area (Å²) >= 11 is 0. The molecule has 2 aliphatic rings. The smallest absolute Gasteiger partial charge is 0.174 e. The molecular formula is C25H22O9. The number of aliphatic hydroxyl groups excluding tert-OH is 1. The van der Waals surface area contributed by atoms with Gasteiger partial charge in [0.1, 0.15) is 28.9 Å². The number of hydrogen-bond donors (Lipinski definition) is 4. The molecule has 0 spiro atoms. The van der Waals surface area contributed by atoms with Crippen molar-refractivity contribution >= 4 is 5.78 Å². The number of Topliss-reactive ketones (excluding diaryl/α,β-unsaturated/α-hetero) is 1. The van der Waals surface area contributed by atoms with Gasteiger partial charge in [-0.15, -0.1) is 0 Å². The van der Waals surface area contributed by atoms with Crippen LogP contribution in [0.2, 0.25) is 0 Å². The molecule has 0 saturated carbocycles. The molecule has 0 amide bonds. The average Bonchev–Trinajstić information content (AvgIpc) is 2.82. The van der Waals surface area contributed by atoms with Crippen molar-refractivity contribution in [2.24, 2.45) is 0 Å². The molecule has 3 atom stereocenters. The van der Waals surface area contributed by atoms with Gasteiger partial charge in [0, 0.05) is 17.7 Å². The van der Waals surface area contributed by atoms with Gasteiger partial charge in [0.05, 0.1) is 20.1 Å². The third-order valence-corrected chi connectivity index (χ3v) is 5.91. The number of fused-ring (bicyclic) bond motifs is 2. The Balaban J connectivity index is 1.46. The van der Waals surface area contributed by atoms with E-state index in [-0.39, 0.29) is 53.1 Å². The maximum Gasteiger partial charge on any atom is 0.174 e. The Bertz CT molecular complexity index is 1270. The Kier molecular flexibility index (Phi) is 5.33. The summed E-state index contributed by atoms with van der Waals surface area (Å²) in [4.78, 5) is 12.7. The van der Waals surface area contributed by atoms with E-state index in [4.69, 9.17) is 18.9 Å². The number of phenols is 3. The van der Waals surface area contributed by atoms with Crippen LogP contribution in [-0.4, -0.2) is 46.0 Å². The van der Waals surface area contributed by atoms with E-state index < -0.39 is 18.3 Å². The minimum atomic E-state index is -0.696. The van der Waals surface area contributed by atoms with Gasteiger partial charge in [-0.3, -0.25) is 4.79 Å². The zero-order chi connectivity index (χ0) is 24.0. The van der Waals surface area contributed by atoms with Crippen LogP contribution in [0.1, 0.15) is 40.1 Å². The zero-order valence-corrected chi connectivity index (χ0v) is 18.1. The van der Waals surface area contributed by atoms with E-state index in [1.54, 1.807) is 30.3 Å². The number of hydrogen-bond acceptors (Lipinski definition) is 9. The molecule has 9 heteroatoms. The van der Waals surface area contributed by atoms with Crippen LogP contribution in [0.15, 0.2) is 48.5 Å². The Hall–Kier alpha value is -4.11. The number of rotatable bonds is 4. The highest BCUT2D eigenvalue weighted by molar-refractivity contribution is 6.02. The standard InChI is InChI=1S/C25H22O9/c1-31-20-7-13(2-4-15(20)28)25-23(11-26)32-18-5-3-12(6-21(18)34-25)19-10-17(30)24-16(29)8-14(27)9-22(24)33-19/h2-9,19,23,25-29H,10-11H2,1H3/t19-,23+,25-/m0/s1. The SMILES string of the molecule is COc1cc([C@@H]2Oc3cc([C@@H]4CC(=O)c5c(O)cc(O)cc5O4)ccc3O[C@@H]2CO)ccc1O. The number of benzene rings is 3. The van der Waals surface area contributed by atoms with Crippen molar-refractivity contribution in [3.63, 3.8) is 0 Å². The van der Waals surface area contributed by atoms with Crippen LogP contribution < -0.4 is 18.9 Å². The predicted octanol–water partition coefficient (Wildman–Crippen LogP) is 3.39. The zero-order valence-electron chi connectivity index (χ0n) is 18.1. The second-order valence-electron chi connectivity index (χ2n) is 8.09. The highest BCUT2D eigenvalue weighted by atomic mass is 16.6. The number of aromatic hydroxyl groups is 3. The van der Waals surface area contributed by atoms with Crippen LogP contribution in [0, 0.1) is 0 Å². The molecule has 0 fully saturated rings. The monoisotopic (exact) mass is 466 g/mol. The Morgan fingerprint density at radius 3 is 2.44 bits per heavy atom. The number of carbonyl (C=O) groups excluding carboxylic acids is 1. The second kappa shape index (κ2) is 8.35. The molecule has 176 valence electrons. The number of phenolic OH excluding ortho intramolecular Hbond substituents is 3. The molecule has 0 aromatic heterocycles. The summed E-state index contributed by atoms with van der Waals surface area (Å²) in [7, 11) is 1.44. The van der Waals surface area contributed by atoms with Crippen LogP contribution >= 0.6 is 0 Å². The molecule has 4 N–H and O–H groups in total. The van der Waals surface area contributed by atoms with E-state index >= 15 is 0 Å². The molecule has 5 rings (SSSR count). The summed E-state index contributed by atoms with van der Waals surface area (Å²) in [6.45, 7) is -0.306. The predicted molar refractivity (Wildman–Crippen MR) is 118 cm³/mol. The summed E-state index contributed by atoms with van der Waals surface area (Å²) in [6.07, 6.45) is -2.07. The maximum atomic E-state index is 12.7. The van der Waals surface area contributed by atoms with Gasteiger partial charge in [-0.1, -0.05) is 12.1 Å². The van der Waals surface area contributed by atoms with Crippen molar-refractivity contribution in [1.29, 1.82) is 0 Å². The normalized spacial score (nSPS) is 20.9. The fraction of sp³-hybridized carbons (Fsp3) is 0.240. The van der Waals surface area contributed by atoms with Gasteiger partial charge in [-0.2, -0.15) is 0 Å². The summed E-state index contributed by atoms with van der Waals surface area (Å²) in [5, 5.41) is 39.6. The molecule has 2 heterocycles. The second-order valence-corrected chi connectivity index (χ2v) is 8.09. The van der Waals surface area contributed by atoms with Crippen molar-refractivity contribution in [1.82, 2.24) is 0 Å². The molecule has 2 aliphatic heterocycles. The van der Waals surface area contributed by atoms with E-state index in [2.05, 4.69) is 0 Å². The lowest BCUT2D eigenvalue weighted by molar-refractivity contribution is -0.0126. The van der Waals surface area contributed by atoms with Crippen LogP contribution in [0.4, 0.5) is 0 Å². The van der Waals surface area contributed by atoms with Gasteiger partial charge in [0.25, 0.3) is 0 Å². The topological polar surface area (TPSA) is 135 Å². The largest absolute Gasteiger partial charge is 0.508 e. The van der Waals surface area contributed by atoms with Gasteiger partial charge in [-0.05, 0) is 29.8 Å². The molecule has 0 radical (unpaired) electrons. The third-order valence-electron chi connectivity index (χ3n) is 5.91. The van der Waals surface area contributed by atoms with Gasteiger partial charge in [0.2, 0.25) is 0 Å². The Morgan fingerprint density at radius 1 is 0.882 bits per heavy atom. The summed E-state index contributed by atoms with van der Waals surface area (Å²) in [5.74, 6) is 0.287. The molecule has 3 aromatic rings. The summed E-state index contributed by atoms with van der Waals surface area (Å²) < 4.78 is 23.2. The van der Waals surface area contributed by atoms with E-state index in [1.165, 1.54) is 19.2 Å². The van der Waals surface area contributed by atoms with E-state index in [0.717, 1.165) is 6.07 Å². The molecule has 3 aromatic carbocycles. The van der Waals surface area contributed by atoms with Crippen molar-refractivity contribution in [3.8, 4) is 40.2 Å². The lowest BCUT2D eigenvalue weighted by atomic mass is 9.95. The first-order valence-corrected chi connectivity index (χ1v) is 10.6. The molecule has 9 nitrogen and oxygen atoms in total. The van der Waals surface area contributed by atoms with E-state index in [9.17, 15) is 25.2 Å².